The van der Waals surface area contributed by atoms with Crippen LogP contribution >= 0.6 is 0 Å². The maximum Gasteiger partial charge on any atom is 0.255 e. The summed E-state index contributed by atoms with van der Waals surface area (Å²) in [5.74, 6) is -0.253. The average molecular weight is 222 g/mol. The summed E-state index contributed by atoms with van der Waals surface area (Å²) in [5, 5.41) is 12.3. The first-order chi connectivity index (χ1) is 7.50. The molecule has 16 heavy (non-hydrogen) atoms. The van der Waals surface area contributed by atoms with Gasteiger partial charge in [0.05, 0.1) is 5.56 Å². The van der Waals surface area contributed by atoms with Crippen LogP contribution in [0.3, 0.4) is 0 Å². The van der Waals surface area contributed by atoms with E-state index >= 15 is 0 Å². The number of phenols is 1. The Morgan fingerprint density at radius 3 is 2.81 bits per heavy atom. The molecule has 1 unspecified atom stereocenters. The number of carbonyl (C=O) groups excluding carboxylic acids is 1. The fraction of sp³-hybridized carbons (Fsp3) is 0.417. The number of nitrogens with one attached hydrogen (secondary N) is 1. The van der Waals surface area contributed by atoms with Gasteiger partial charge in [-0.3, -0.25) is 4.79 Å². The number of amides is 1. The highest BCUT2D eigenvalue weighted by molar-refractivity contribution is 5.96. The average Bonchev–Trinajstić information content (AvgIpc) is 2.16. The van der Waals surface area contributed by atoms with Gasteiger partial charge >= 0.3 is 0 Å². The first-order valence-corrected chi connectivity index (χ1v) is 5.34. The van der Waals surface area contributed by atoms with Gasteiger partial charge in [-0.25, -0.2) is 0 Å². The molecule has 1 amide bonds. The van der Waals surface area contributed by atoms with Gasteiger partial charge in [0.2, 0.25) is 0 Å². The monoisotopic (exact) mass is 222 g/mol. The van der Waals surface area contributed by atoms with Crippen molar-refractivity contribution in [3.8, 4) is 5.75 Å². The molecule has 1 aromatic carbocycles. The lowest BCUT2D eigenvalue weighted by Crippen LogP contribution is -2.28. The highest BCUT2D eigenvalue weighted by Crippen LogP contribution is 2.17. The molecule has 88 valence electrons. The fourth-order valence-electron chi connectivity index (χ4n) is 1.34. The number of hydrogen-bond donors (Lipinski definition) is 3. The Balaban J connectivity index is 2.59. The molecular formula is C12H18N2O2. The van der Waals surface area contributed by atoms with Crippen molar-refractivity contribution < 1.29 is 9.90 Å². The van der Waals surface area contributed by atoms with E-state index < -0.39 is 0 Å². The van der Waals surface area contributed by atoms with Crippen LogP contribution in [0.5, 0.6) is 5.75 Å². The molecule has 0 saturated heterocycles. The van der Waals surface area contributed by atoms with Gasteiger partial charge in [0.15, 0.2) is 0 Å². The highest BCUT2D eigenvalue weighted by atomic mass is 16.3. The molecule has 1 aromatic rings. The third-order valence-electron chi connectivity index (χ3n) is 2.28. The summed E-state index contributed by atoms with van der Waals surface area (Å²) in [4.78, 5) is 11.6. The topological polar surface area (TPSA) is 75.4 Å². The number of rotatable bonds is 4. The molecule has 4 N–H and O–H groups in total. The van der Waals surface area contributed by atoms with E-state index in [9.17, 15) is 9.90 Å². The minimum atomic E-state index is -0.266. The molecule has 0 spiro atoms. The number of carbonyl (C=O) groups is 1. The third-order valence-corrected chi connectivity index (χ3v) is 2.28. The van der Waals surface area contributed by atoms with Crippen LogP contribution in [0.1, 0.15) is 29.3 Å². The number of aryl methyl sites for hydroxylation is 1. The Hall–Kier alpha value is -1.55. The number of hydrogen-bond acceptors (Lipinski definition) is 3. The quantitative estimate of drug-likeness (QED) is 0.715. The fourth-order valence-corrected chi connectivity index (χ4v) is 1.34. The first-order valence-electron chi connectivity index (χ1n) is 5.34. The summed E-state index contributed by atoms with van der Waals surface area (Å²) in [5.41, 5.74) is 6.79. The summed E-state index contributed by atoms with van der Waals surface area (Å²) >= 11 is 0. The van der Waals surface area contributed by atoms with Crippen LogP contribution in [0.4, 0.5) is 0 Å². The predicted octanol–water partition coefficient (Wildman–Crippen LogP) is 1.17. The van der Waals surface area contributed by atoms with Crippen LogP contribution in [0.25, 0.3) is 0 Å². The van der Waals surface area contributed by atoms with Crippen molar-refractivity contribution in [2.24, 2.45) is 5.73 Å². The van der Waals surface area contributed by atoms with E-state index in [0.29, 0.717) is 12.1 Å². The van der Waals surface area contributed by atoms with E-state index in [1.54, 1.807) is 18.2 Å². The summed E-state index contributed by atoms with van der Waals surface area (Å²) in [6, 6.07) is 5.04. The normalized spacial score (nSPS) is 12.2. The van der Waals surface area contributed by atoms with Crippen LogP contribution in [-0.2, 0) is 0 Å². The molecule has 0 bridgehead atoms. The molecule has 1 atom stereocenters. The Morgan fingerprint density at radius 1 is 1.56 bits per heavy atom. The van der Waals surface area contributed by atoms with Crippen molar-refractivity contribution in [2.45, 2.75) is 26.3 Å². The van der Waals surface area contributed by atoms with Crippen LogP contribution in [-0.4, -0.2) is 23.6 Å². The summed E-state index contributed by atoms with van der Waals surface area (Å²) in [7, 11) is 0. The number of aromatic hydroxyl groups is 1. The van der Waals surface area contributed by atoms with Crippen molar-refractivity contribution in [2.75, 3.05) is 6.54 Å². The number of benzene rings is 1. The van der Waals surface area contributed by atoms with E-state index in [1.165, 1.54) is 0 Å². The molecule has 4 heteroatoms. The predicted molar refractivity (Wildman–Crippen MR) is 63.4 cm³/mol. The maximum atomic E-state index is 11.6. The summed E-state index contributed by atoms with van der Waals surface area (Å²) in [6.45, 7) is 4.26. The second-order valence-corrected chi connectivity index (χ2v) is 4.04. The summed E-state index contributed by atoms with van der Waals surface area (Å²) < 4.78 is 0. The highest BCUT2D eigenvalue weighted by Gasteiger charge is 2.10. The second-order valence-electron chi connectivity index (χ2n) is 4.04. The SMILES string of the molecule is Cc1ccc(C(=O)NCCC(C)N)c(O)c1. The second kappa shape index (κ2) is 5.51. The van der Waals surface area contributed by atoms with Crippen molar-refractivity contribution in [3.05, 3.63) is 29.3 Å². The standard InChI is InChI=1S/C12H18N2O2/c1-8-3-4-10(11(15)7-8)12(16)14-6-5-9(2)13/h3-4,7,9,15H,5-6,13H2,1-2H3,(H,14,16). The minimum absolute atomic E-state index is 0.0123. The molecule has 0 aromatic heterocycles. The first kappa shape index (κ1) is 12.5. The van der Waals surface area contributed by atoms with Gasteiger partial charge in [-0.2, -0.15) is 0 Å². The Labute approximate surface area is 95.5 Å². The Kier molecular flexibility index (Phi) is 4.31. The molecule has 0 radical (unpaired) electrons. The zero-order chi connectivity index (χ0) is 12.1. The molecular weight excluding hydrogens is 204 g/mol. The van der Waals surface area contributed by atoms with Crippen LogP contribution in [0.15, 0.2) is 18.2 Å². The molecule has 4 nitrogen and oxygen atoms in total. The number of phenolic OH excluding ortho intramolecular Hbond substituents is 1. The van der Waals surface area contributed by atoms with Crippen molar-refractivity contribution in [1.29, 1.82) is 0 Å². The van der Waals surface area contributed by atoms with E-state index in [4.69, 9.17) is 5.73 Å². The molecule has 0 fully saturated rings. The van der Waals surface area contributed by atoms with Crippen LogP contribution in [0, 0.1) is 6.92 Å². The van der Waals surface area contributed by atoms with Gasteiger partial charge in [0, 0.05) is 12.6 Å². The lowest BCUT2D eigenvalue weighted by Gasteiger charge is -2.08. The number of nitrogens with two attached hydrogens (primary N) is 1. The van der Waals surface area contributed by atoms with Crippen LogP contribution < -0.4 is 11.1 Å². The van der Waals surface area contributed by atoms with Gasteiger partial charge in [-0.05, 0) is 38.0 Å². The maximum absolute atomic E-state index is 11.6. The lowest BCUT2D eigenvalue weighted by atomic mass is 10.1. The molecule has 1 rings (SSSR count). The van der Waals surface area contributed by atoms with Gasteiger partial charge in [-0.15, -0.1) is 0 Å². The van der Waals surface area contributed by atoms with E-state index in [0.717, 1.165) is 12.0 Å². The summed E-state index contributed by atoms with van der Waals surface area (Å²) in [6.07, 6.45) is 0.721. The van der Waals surface area contributed by atoms with E-state index in [-0.39, 0.29) is 17.7 Å². The smallest absolute Gasteiger partial charge is 0.255 e. The minimum Gasteiger partial charge on any atom is -0.507 e. The van der Waals surface area contributed by atoms with Crippen LogP contribution in [0.2, 0.25) is 0 Å². The van der Waals surface area contributed by atoms with Crippen molar-refractivity contribution in [3.63, 3.8) is 0 Å². The zero-order valence-electron chi connectivity index (χ0n) is 9.66. The Bertz CT molecular complexity index is 375. The van der Waals surface area contributed by atoms with Crippen molar-refractivity contribution >= 4 is 5.91 Å². The van der Waals surface area contributed by atoms with Gasteiger partial charge < -0.3 is 16.2 Å². The molecule has 0 saturated carbocycles. The molecule has 0 aliphatic rings. The van der Waals surface area contributed by atoms with Gasteiger partial charge in [-0.1, -0.05) is 6.07 Å². The lowest BCUT2D eigenvalue weighted by molar-refractivity contribution is 0.0950. The van der Waals surface area contributed by atoms with Crippen molar-refractivity contribution in [1.82, 2.24) is 5.32 Å². The molecule has 0 heterocycles. The molecule has 0 aliphatic heterocycles. The van der Waals surface area contributed by atoms with E-state index in [2.05, 4.69) is 5.32 Å². The van der Waals surface area contributed by atoms with E-state index in [1.807, 2.05) is 13.8 Å². The van der Waals surface area contributed by atoms with Gasteiger partial charge in [0.1, 0.15) is 5.75 Å². The van der Waals surface area contributed by atoms with Gasteiger partial charge in [0.25, 0.3) is 5.91 Å². The third kappa shape index (κ3) is 3.55. The molecule has 0 aliphatic carbocycles. The largest absolute Gasteiger partial charge is 0.507 e. The Morgan fingerprint density at radius 2 is 2.25 bits per heavy atom. The zero-order valence-corrected chi connectivity index (χ0v) is 9.66.